The minimum atomic E-state index is -0.955. The van der Waals surface area contributed by atoms with Crippen LogP contribution in [0.3, 0.4) is 0 Å². The van der Waals surface area contributed by atoms with Gasteiger partial charge in [0, 0.05) is 24.2 Å². The fourth-order valence-electron chi connectivity index (χ4n) is 2.10. The molecule has 1 N–H and O–H groups in total. The zero-order valence-corrected chi connectivity index (χ0v) is 10.6. The normalized spacial score (nSPS) is 11.3. The highest BCUT2D eigenvalue weighted by Gasteiger charge is 2.09. The predicted molar refractivity (Wildman–Crippen MR) is 70.9 cm³/mol. The molecule has 0 saturated heterocycles. The summed E-state index contributed by atoms with van der Waals surface area (Å²) in [5.41, 5.74) is 2.91. The number of carboxylic acid groups (broad SMARTS) is 1. The van der Waals surface area contributed by atoms with Gasteiger partial charge in [0.25, 0.3) is 0 Å². The molecule has 0 aliphatic heterocycles. The Balaban J connectivity index is 2.66. The molecular formula is C14H15NO3. The van der Waals surface area contributed by atoms with Crippen molar-refractivity contribution in [3.63, 3.8) is 0 Å². The first-order valence-corrected chi connectivity index (χ1v) is 5.58. The van der Waals surface area contributed by atoms with E-state index in [0.29, 0.717) is 0 Å². The minimum absolute atomic E-state index is 0.794. The Hall–Kier alpha value is -2.23. The van der Waals surface area contributed by atoms with Crippen molar-refractivity contribution in [3.05, 3.63) is 35.5 Å². The van der Waals surface area contributed by atoms with E-state index >= 15 is 0 Å². The number of aromatic nitrogens is 1. The molecule has 0 aliphatic rings. The van der Waals surface area contributed by atoms with Gasteiger partial charge in [0.2, 0.25) is 0 Å². The Morgan fingerprint density at radius 3 is 2.72 bits per heavy atom. The smallest absolute Gasteiger partial charge is 0.328 e. The highest BCUT2D eigenvalue weighted by molar-refractivity contribution is 5.91. The van der Waals surface area contributed by atoms with Gasteiger partial charge in [-0.15, -0.1) is 0 Å². The van der Waals surface area contributed by atoms with Crippen LogP contribution in [0.25, 0.3) is 17.0 Å². The first-order valence-electron chi connectivity index (χ1n) is 5.58. The van der Waals surface area contributed by atoms with Gasteiger partial charge < -0.3 is 14.4 Å². The molecule has 94 valence electrons. The number of methoxy groups -OCH3 is 1. The molecule has 1 heterocycles. The number of rotatable bonds is 3. The molecule has 1 aromatic heterocycles. The third kappa shape index (κ3) is 2.09. The second-order valence-electron chi connectivity index (χ2n) is 4.20. The summed E-state index contributed by atoms with van der Waals surface area (Å²) in [7, 11) is 3.52. The van der Waals surface area contributed by atoms with Crippen LogP contribution in [0.15, 0.2) is 24.3 Å². The molecule has 0 unspecified atom stereocenters. The van der Waals surface area contributed by atoms with Crippen LogP contribution in [0.5, 0.6) is 5.75 Å². The average molecular weight is 245 g/mol. The monoisotopic (exact) mass is 245 g/mol. The summed E-state index contributed by atoms with van der Waals surface area (Å²) in [6.45, 7) is 2.00. The highest BCUT2D eigenvalue weighted by Crippen LogP contribution is 2.30. The summed E-state index contributed by atoms with van der Waals surface area (Å²) < 4.78 is 7.29. The van der Waals surface area contributed by atoms with Crippen LogP contribution >= 0.6 is 0 Å². The molecule has 0 bridgehead atoms. The molecule has 0 spiro atoms. The molecule has 4 nitrogen and oxygen atoms in total. The van der Waals surface area contributed by atoms with Gasteiger partial charge >= 0.3 is 5.97 Å². The van der Waals surface area contributed by atoms with Crippen molar-refractivity contribution in [2.45, 2.75) is 6.92 Å². The van der Waals surface area contributed by atoms with Crippen molar-refractivity contribution in [3.8, 4) is 5.75 Å². The van der Waals surface area contributed by atoms with Crippen LogP contribution in [0.2, 0.25) is 0 Å². The largest absolute Gasteiger partial charge is 0.495 e. The lowest BCUT2D eigenvalue weighted by atomic mass is 10.1. The highest BCUT2D eigenvalue weighted by atomic mass is 16.5. The van der Waals surface area contributed by atoms with Gasteiger partial charge in [-0.1, -0.05) is 0 Å². The summed E-state index contributed by atoms with van der Waals surface area (Å²) >= 11 is 0. The Labute approximate surface area is 105 Å². The number of carboxylic acids is 1. The number of carbonyl (C=O) groups is 1. The zero-order chi connectivity index (χ0) is 13.3. The van der Waals surface area contributed by atoms with Crippen molar-refractivity contribution in [2.75, 3.05) is 7.11 Å². The van der Waals surface area contributed by atoms with E-state index < -0.39 is 5.97 Å². The maximum absolute atomic E-state index is 10.6. The van der Waals surface area contributed by atoms with Crippen molar-refractivity contribution >= 4 is 22.9 Å². The molecule has 2 rings (SSSR count). The van der Waals surface area contributed by atoms with Gasteiger partial charge in [0.1, 0.15) is 5.75 Å². The maximum atomic E-state index is 10.6. The molecule has 18 heavy (non-hydrogen) atoms. The second kappa shape index (κ2) is 4.56. The molecule has 0 amide bonds. The first-order chi connectivity index (χ1) is 8.52. The topological polar surface area (TPSA) is 51.5 Å². The molecular weight excluding hydrogens is 230 g/mol. The molecule has 0 fully saturated rings. The van der Waals surface area contributed by atoms with Crippen LogP contribution < -0.4 is 4.74 Å². The Kier molecular flexibility index (Phi) is 3.10. The number of fused-ring (bicyclic) bond motifs is 1. The minimum Gasteiger partial charge on any atom is -0.495 e. The number of benzene rings is 1. The lowest BCUT2D eigenvalue weighted by Gasteiger charge is -2.06. The lowest BCUT2D eigenvalue weighted by molar-refractivity contribution is -0.131. The van der Waals surface area contributed by atoms with Gasteiger partial charge in [0.15, 0.2) is 0 Å². The Bertz CT molecular complexity index is 638. The molecule has 0 aliphatic carbocycles. The molecule has 0 atom stereocenters. The zero-order valence-electron chi connectivity index (χ0n) is 10.6. The summed E-state index contributed by atoms with van der Waals surface area (Å²) in [6.07, 6.45) is 2.71. The average Bonchev–Trinajstić information content (AvgIpc) is 2.62. The lowest BCUT2D eigenvalue weighted by Crippen LogP contribution is -1.94. The van der Waals surface area contributed by atoms with Gasteiger partial charge in [-0.05, 0) is 36.8 Å². The van der Waals surface area contributed by atoms with E-state index in [1.807, 2.05) is 30.7 Å². The number of aryl methyl sites for hydroxylation is 2. The van der Waals surface area contributed by atoms with Crippen molar-refractivity contribution < 1.29 is 14.6 Å². The predicted octanol–water partition coefficient (Wildman–Crippen LogP) is 2.59. The van der Waals surface area contributed by atoms with E-state index in [1.54, 1.807) is 13.2 Å². The van der Waals surface area contributed by atoms with Crippen LogP contribution in [0.4, 0.5) is 0 Å². The number of hydrogen-bond donors (Lipinski definition) is 1. The van der Waals surface area contributed by atoms with Crippen LogP contribution in [-0.4, -0.2) is 22.8 Å². The number of nitrogens with zero attached hydrogens (tertiary/aromatic N) is 1. The van der Waals surface area contributed by atoms with E-state index in [2.05, 4.69) is 6.07 Å². The summed E-state index contributed by atoms with van der Waals surface area (Å²) in [4.78, 5) is 10.6. The summed E-state index contributed by atoms with van der Waals surface area (Å²) in [6, 6.07) is 5.97. The van der Waals surface area contributed by atoms with Crippen molar-refractivity contribution in [1.82, 2.24) is 4.57 Å². The fourth-order valence-corrected chi connectivity index (χ4v) is 2.10. The van der Waals surface area contributed by atoms with Crippen LogP contribution in [-0.2, 0) is 11.8 Å². The standard InChI is InChI=1S/C14H15NO3/c1-9-6-10-8-11(4-5-13(16)17)15(2)14(10)12(7-9)18-3/h4-8H,1-3H3,(H,16,17)/b5-4+. The SMILES string of the molecule is COc1cc(C)cc2cc(/C=C/C(=O)O)n(C)c12. The summed E-state index contributed by atoms with van der Waals surface area (Å²) in [5.74, 6) is -0.161. The first kappa shape index (κ1) is 12.2. The van der Waals surface area contributed by atoms with E-state index in [1.165, 1.54) is 0 Å². The van der Waals surface area contributed by atoms with Crippen molar-refractivity contribution in [1.29, 1.82) is 0 Å². The molecule has 2 aromatic rings. The molecule has 4 heteroatoms. The van der Waals surface area contributed by atoms with Gasteiger partial charge in [-0.3, -0.25) is 0 Å². The van der Waals surface area contributed by atoms with Crippen molar-refractivity contribution in [2.24, 2.45) is 7.05 Å². The number of aliphatic carboxylic acids is 1. The summed E-state index contributed by atoms with van der Waals surface area (Å²) in [5, 5.41) is 9.71. The quantitative estimate of drug-likeness (QED) is 0.845. The van der Waals surface area contributed by atoms with E-state index in [4.69, 9.17) is 9.84 Å². The third-order valence-electron chi connectivity index (χ3n) is 2.89. The second-order valence-corrected chi connectivity index (χ2v) is 4.20. The van der Waals surface area contributed by atoms with E-state index in [0.717, 1.165) is 34.0 Å². The Morgan fingerprint density at radius 1 is 1.39 bits per heavy atom. The molecule has 0 radical (unpaired) electrons. The number of ether oxygens (including phenoxy) is 1. The van der Waals surface area contributed by atoms with Crippen LogP contribution in [0, 0.1) is 6.92 Å². The van der Waals surface area contributed by atoms with Crippen LogP contribution in [0.1, 0.15) is 11.3 Å². The molecule has 0 saturated carbocycles. The Morgan fingerprint density at radius 2 is 2.11 bits per heavy atom. The van der Waals surface area contributed by atoms with E-state index in [-0.39, 0.29) is 0 Å². The fraction of sp³-hybridized carbons (Fsp3) is 0.214. The third-order valence-corrected chi connectivity index (χ3v) is 2.89. The number of hydrogen-bond acceptors (Lipinski definition) is 2. The van der Waals surface area contributed by atoms with Gasteiger partial charge in [-0.2, -0.15) is 0 Å². The van der Waals surface area contributed by atoms with E-state index in [9.17, 15) is 4.79 Å². The maximum Gasteiger partial charge on any atom is 0.328 e. The molecule has 1 aromatic carbocycles. The van der Waals surface area contributed by atoms with Gasteiger partial charge in [0.05, 0.1) is 12.6 Å². The van der Waals surface area contributed by atoms with Gasteiger partial charge in [-0.25, -0.2) is 4.79 Å².